The second-order valence-electron chi connectivity index (χ2n) is 7.45. The fourth-order valence-corrected chi connectivity index (χ4v) is 4.34. The minimum Gasteiger partial charge on any atom is -0.497 e. The molecule has 0 bridgehead atoms. The Morgan fingerprint density at radius 3 is 2.92 bits per heavy atom. The van der Waals surface area contributed by atoms with Gasteiger partial charge in [0.15, 0.2) is 0 Å². The third-order valence-corrected chi connectivity index (χ3v) is 5.69. The van der Waals surface area contributed by atoms with Crippen LogP contribution >= 0.6 is 0 Å². The number of methoxy groups -OCH3 is 1. The molecule has 0 radical (unpaired) electrons. The maximum atomic E-state index is 12.6. The normalized spacial score (nSPS) is 29.2. The van der Waals surface area contributed by atoms with Gasteiger partial charge in [-0.2, -0.15) is 0 Å². The van der Waals surface area contributed by atoms with Gasteiger partial charge in [0.1, 0.15) is 5.75 Å². The van der Waals surface area contributed by atoms with Crippen LogP contribution in [0.25, 0.3) is 0 Å². The van der Waals surface area contributed by atoms with Crippen molar-refractivity contribution in [1.29, 1.82) is 0 Å². The number of carbonyl (C=O) groups is 1. The lowest BCUT2D eigenvalue weighted by Gasteiger charge is -2.28. The molecule has 6 heteroatoms. The Morgan fingerprint density at radius 2 is 2.20 bits per heavy atom. The van der Waals surface area contributed by atoms with Crippen LogP contribution in [-0.2, 0) is 20.9 Å². The van der Waals surface area contributed by atoms with E-state index in [1.165, 1.54) is 5.56 Å². The first-order valence-corrected chi connectivity index (χ1v) is 9.05. The van der Waals surface area contributed by atoms with Gasteiger partial charge in [-0.05, 0) is 24.1 Å². The van der Waals surface area contributed by atoms with Crippen molar-refractivity contribution in [2.24, 2.45) is 11.3 Å². The molecular formula is C19H26N2O4. The van der Waals surface area contributed by atoms with Crippen LogP contribution in [0.1, 0.15) is 18.4 Å². The van der Waals surface area contributed by atoms with E-state index in [9.17, 15) is 4.79 Å². The summed E-state index contributed by atoms with van der Waals surface area (Å²) in [4.78, 5) is 20.5. The molecule has 0 aromatic heterocycles. The van der Waals surface area contributed by atoms with Crippen LogP contribution in [0.5, 0.6) is 5.75 Å². The lowest BCUT2D eigenvalue weighted by Crippen LogP contribution is -2.38. The highest BCUT2D eigenvalue weighted by molar-refractivity contribution is 5.76. The lowest BCUT2D eigenvalue weighted by atomic mass is 9.78. The molecule has 6 nitrogen and oxygen atoms in total. The maximum absolute atomic E-state index is 12.6. The Hall–Kier alpha value is -1.63. The molecule has 3 aliphatic heterocycles. The van der Waals surface area contributed by atoms with Crippen LogP contribution in [-0.4, -0.2) is 62.4 Å². The molecule has 1 aromatic rings. The summed E-state index contributed by atoms with van der Waals surface area (Å²) in [6.07, 6.45) is 1.46. The number of carbonyl (C=O) groups excluding carboxylic acids is 1. The van der Waals surface area contributed by atoms with Crippen molar-refractivity contribution in [3.05, 3.63) is 29.8 Å². The molecule has 1 amide bonds. The zero-order valence-electron chi connectivity index (χ0n) is 14.8. The van der Waals surface area contributed by atoms with Gasteiger partial charge >= 0.3 is 0 Å². The average Bonchev–Trinajstić information content (AvgIpc) is 3.31. The van der Waals surface area contributed by atoms with Gasteiger partial charge in [-0.3, -0.25) is 14.5 Å². The summed E-state index contributed by atoms with van der Waals surface area (Å²) in [6, 6.07) is 8.22. The minimum absolute atomic E-state index is 0.0600. The van der Waals surface area contributed by atoms with Gasteiger partial charge in [0, 0.05) is 37.4 Å². The summed E-state index contributed by atoms with van der Waals surface area (Å²) in [5.74, 6) is 1.42. The Balaban J connectivity index is 1.41. The highest BCUT2D eigenvalue weighted by Gasteiger charge is 2.52. The monoisotopic (exact) mass is 346 g/mol. The molecular weight excluding hydrogens is 320 g/mol. The van der Waals surface area contributed by atoms with Crippen LogP contribution in [0, 0.1) is 11.3 Å². The zero-order chi connectivity index (χ0) is 17.3. The molecule has 1 aromatic carbocycles. The highest BCUT2D eigenvalue weighted by atomic mass is 16.7. The maximum Gasteiger partial charge on any atom is 0.246 e. The van der Waals surface area contributed by atoms with E-state index < -0.39 is 0 Å². The van der Waals surface area contributed by atoms with E-state index in [2.05, 4.69) is 17.0 Å². The van der Waals surface area contributed by atoms with Crippen molar-refractivity contribution < 1.29 is 19.1 Å². The quantitative estimate of drug-likeness (QED) is 0.812. The number of likely N-dealkylation sites (tertiary alicyclic amines) is 1. The largest absolute Gasteiger partial charge is 0.497 e. The lowest BCUT2D eigenvalue weighted by molar-refractivity contribution is -0.171. The second kappa shape index (κ2) is 6.94. The Morgan fingerprint density at radius 1 is 1.36 bits per heavy atom. The van der Waals surface area contributed by atoms with Gasteiger partial charge < -0.3 is 9.47 Å². The number of fused-ring (bicyclic) bond motifs is 1. The van der Waals surface area contributed by atoms with E-state index >= 15 is 0 Å². The summed E-state index contributed by atoms with van der Waals surface area (Å²) in [7, 11) is 1.68. The number of benzene rings is 1. The molecule has 0 saturated carbocycles. The van der Waals surface area contributed by atoms with E-state index in [-0.39, 0.29) is 11.3 Å². The SMILES string of the molecule is COc1ccc(CN2C[C@H]3COC[C@@]3(CC(=O)N3CCCO3)C2)cc1. The first kappa shape index (κ1) is 16.8. The average molecular weight is 346 g/mol. The van der Waals surface area contributed by atoms with E-state index in [1.807, 2.05) is 12.1 Å². The van der Waals surface area contributed by atoms with Crippen LogP contribution in [0.3, 0.4) is 0 Å². The van der Waals surface area contributed by atoms with Crippen molar-refractivity contribution >= 4 is 5.91 Å². The van der Waals surface area contributed by atoms with Crippen LogP contribution in [0.4, 0.5) is 0 Å². The van der Waals surface area contributed by atoms with Crippen molar-refractivity contribution in [3.8, 4) is 5.75 Å². The number of rotatable bonds is 5. The summed E-state index contributed by atoms with van der Waals surface area (Å²) >= 11 is 0. The van der Waals surface area contributed by atoms with Gasteiger partial charge in [0.25, 0.3) is 0 Å². The minimum atomic E-state index is -0.0600. The van der Waals surface area contributed by atoms with E-state index in [4.69, 9.17) is 14.3 Å². The standard InChI is InChI=1S/C19H26N2O4/c1-23-17-5-3-15(4-6-17)10-20-11-16-12-24-14-19(16,13-20)9-18(22)21-7-2-8-25-21/h3-6,16H,2,7-14H2,1H3/t16-,19+/m0/s1. The van der Waals surface area contributed by atoms with Crippen molar-refractivity contribution in [1.82, 2.24) is 9.96 Å². The number of hydrogen-bond acceptors (Lipinski definition) is 5. The van der Waals surface area contributed by atoms with Gasteiger partial charge in [-0.15, -0.1) is 0 Å². The van der Waals surface area contributed by atoms with Gasteiger partial charge in [0.2, 0.25) is 5.91 Å². The van der Waals surface area contributed by atoms with E-state index in [1.54, 1.807) is 12.2 Å². The van der Waals surface area contributed by atoms with Crippen LogP contribution in [0.15, 0.2) is 24.3 Å². The number of hydroxylamine groups is 2. The van der Waals surface area contributed by atoms with Gasteiger partial charge in [-0.25, -0.2) is 5.06 Å². The topological polar surface area (TPSA) is 51.2 Å². The smallest absolute Gasteiger partial charge is 0.246 e. The number of nitrogens with zero attached hydrogens (tertiary/aromatic N) is 2. The first-order chi connectivity index (χ1) is 12.2. The Kier molecular flexibility index (Phi) is 4.67. The third-order valence-electron chi connectivity index (χ3n) is 5.69. The molecule has 4 rings (SSSR count). The molecule has 0 unspecified atom stereocenters. The summed E-state index contributed by atoms with van der Waals surface area (Å²) in [6.45, 7) is 5.60. The van der Waals surface area contributed by atoms with E-state index in [0.29, 0.717) is 25.6 Å². The zero-order valence-corrected chi connectivity index (χ0v) is 14.8. The second-order valence-corrected chi connectivity index (χ2v) is 7.45. The molecule has 0 spiro atoms. The van der Waals surface area contributed by atoms with E-state index in [0.717, 1.165) is 45.0 Å². The Labute approximate surface area is 148 Å². The Bertz CT molecular complexity index is 614. The summed E-state index contributed by atoms with van der Waals surface area (Å²) in [5, 5.41) is 1.55. The third kappa shape index (κ3) is 3.38. The van der Waals surface area contributed by atoms with Gasteiger partial charge in [0.05, 0.1) is 33.5 Å². The number of amides is 1. The predicted octanol–water partition coefficient (Wildman–Crippen LogP) is 1.70. The molecule has 136 valence electrons. The summed E-state index contributed by atoms with van der Waals surface area (Å²) in [5.41, 5.74) is 1.21. The highest BCUT2D eigenvalue weighted by Crippen LogP contribution is 2.44. The molecule has 3 aliphatic rings. The molecule has 2 atom stereocenters. The summed E-state index contributed by atoms with van der Waals surface area (Å²) < 4.78 is 11.0. The van der Waals surface area contributed by atoms with Crippen LogP contribution in [0.2, 0.25) is 0 Å². The molecule has 3 fully saturated rings. The molecule has 3 saturated heterocycles. The van der Waals surface area contributed by atoms with Crippen LogP contribution < -0.4 is 4.74 Å². The fraction of sp³-hybridized carbons (Fsp3) is 0.632. The number of hydrogen-bond donors (Lipinski definition) is 0. The fourth-order valence-electron chi connectivity index (χ4n) is 4.34. The van der Waals surface area contributed by atoms with Crippen molar-refractivity contribution in [2.45, 2.75) is 19.4 Å². The van der Waals surface area contributed by atoms with Gasteiger partial charge in [-0.1, -0.05) is 12.1 Å². The molecule has 3 heterocycles. The van der Waals surface area contributed by atoms with Crippen molar-refractivity contribution in [2.75, 3.05) is 46.6 Å². The predicted molar refractivity (Wildman–Crippen MR) is 91.9 cm³/mol. The number of ether oxygens (including phenoxy) is 2. The first-order valence-electron chi connectivity index (χ1n) is 9.05. The molecule has 25 heavy (non-hydrogen) atoms. The molecule has 0 aliphatic carbocycles. The van der Waals surface area contributed by atoms with Crippen molar-refractivity contribution in [3.63, 3.8) is 0 Å². The molecule has 0 N–H and O–H groups in total.